The first-order valence-corrected chi connectivity index (χ1v) is 14.3. The molecule has 5 nitrogen and oxygen atoms in total. The second-order valence-corrected chi connectivity index (χ2v) is 11.5. The van der Waals surface area contributed by atoms with E-state index in [0.29, 0.717) is 22.2 Å². The summed E-state index contributed by atoms with van der Waals surface area (Å²) in [6, 6.07) is 21.1. The molecule has 0 amide bonds. The maximum absolute atomic E-state index is 12.6. The second-order valence-electron chi connectivity index (χ2n) is 7.54. The molecule has 9 heteroatoms. The number of para-hydroxylation sites is 1. The second kappa shape index (κ2) is 12.4. The van der Waals surface area contributed by atoms with Crippen molar-refractivity contribution in [3.05, 3.63) is 107 Å². The van der Waals surface area contributed by atoms with Crippen LogP contribution in [0.25, 0.3) is 6.08 Å². The predicted octanol–water partition coefficient (Wildman–Crippen LogP) is 8.59. The number of hydrogen-bond donors (Lipinski definition) is 1. The molecule has 0 unspecified atom stereocenters. The summed E-state index contributed by atoms with van der Waals surface area (Å²) in [5, 5.41) is 11.3. The van der Waals surface area contributed by atoms with Crippen LogP contribution in [0.4, 0.5) is 5.69 Å². The molecule has 0 atom stereocenters. The lowest BCUT2D eigenvalue weighted by Crippen LogP contribution is -2.12. The molecule has 0 aliphatic carbocycles. The number of carbonyl (C=O) groups excluding carboxylic acids is 1. The molecule has 1 N–H and O–H groups in total. The van der Waals surface area contributed by atoms with Crippen LogP contribution in [0.15, 0.2) is 96.9 Å². The third-order valence-electron chi connectivity index (χ3n) is 4.97. The minimum atomic E-state index is -0.604. The van der Waals surface area contributed by atoms with E-state index < -0.39 is 5.97 Å². The van der Waals surface area contributed by atoms with Crippen LogP contribution < -0.4 is 4.74 Å². The fraction of sp³-hybridized carbons (Fsp3) is 0.111. The van der Waals surface area contributed by atoms with Crippen molar-refractivity contribution in [3.63, 3.8) is 0 Å². The number of halogens is 3. The summed E-state index contributed by atoms with van der Waals surface area (Å²) in [5.74, 6) is -0.0130. The minimum Gasteiger partial charge on any atom is -0.506 e. The maximum Gasteiger partial charge on any atom is 0.344 e. The SMILES string of the molecule is CCOC(=O)C1=C(O)/C(=C/c2cc(Br)c(OCc3ccc(Br)cc3)c(I)c2)SC1=Nc1ccccc1. The van der Waals surface area contributed by atoms with Gasteiger partial charge in [-0.1, -0.05) is 58.0 Å². The molecule has 3 aromatic rings. The number of carbonyl (C=O) groups is 1. The van der Waals surface area contributed by atoms with Crippen molar-refractivity contribution in [2.75, 3.05) is 6.61 Å². The molecule has 0 spiro atoms. The molecule has 1 aliphatic rings. The minimum absolute atomic E-state index is 0.0696. The lowest BCUT2D eigenvalue weighted by Gasteiger charge is -2.12. The Hall–Kier alpha value is -2.08. The van der Waals surface area contributed by atoms with Crippen LogP contribution in [0.1, 0.15) is 18.1 Å². The first kappa shape index (κ1) is 27.0. The fourth-order valence-electron chi connectivity index (χ4n) is 3.30. The summed E-state index contributed by atoms with van der Waals surface area (Å²) < 4.78 is 14.0. The maximum atomic E-state index is 12.6. The van der Waals surface area contributed by atoms with Gasteiger partial charge < -0.3 is 14.6 Å². The number of esters is 1. The summed E-state index contributed by atoms with van der Waals surface area (Å²) >= 11 is 10.5. The number of benzene rings is 3. The van der Waals surface area contributed by atoms with E-state index in [0.717, 1.165) is 29.4 Å². The Kier molecular flexibility index (Phi) is 9.32. The molecule has 3 aromatic carbocycles. The highest BCUT2D eigenvalue weighted by atomic mass is 127. The molecule has 184 valence electrons. The monoisotopic (exact) mass is 739 g/mol. The van der Waals surface area contributed by atoms with E-state index in [1.54, 1.807) is 6.92 Å². The molecule has 0 radical (unpaired) electrons. The van der Waals surface area contributed by atoms with Gasteiger partial charge in [0.15, 0.2) is 0 Å². The summed E-state index contributed by atoms with van der Waals surface area (Å²) in [7, 11) is 0. The van der Waals surface area contributed by atoms with E-state index in [2.05, 4.69) is 59.4 Å². The standard InChI is InChI=1S/C27H20Br2INO4S/c1-2-34-27(33)23-24(32)22(36-26(23)31-19-6-4-3-5-7-19)14-17-12-20(29)25(21(30)13-17)35-15-16-8-10-18(28)11-9-16/h3-14,32H,2,15H2,1H3/b22-14-,31-26?. The van der Waals surface area contributed by atoms with E-state index in [-0.39, 0.29) is 17.9 Å². The molecular weight excluding hydrogens is 721 g/mol. The van der Waals surface area contributed by atoms with E-state index in [1.807, 2.05) is 72.8 Å². The largest absolute Gasteiger partial charge is 0.506 e. The zero-order chi connectivity index (χ0) is 25.7. The Morgan fingerprint density at radius 1 is 1.11 bits per heavy atom. The average Bonchev–Trinajstić information content (AvgIpc) is 3.14. The topological polar surface area (TPSA) is 68.1 Å². The Labute approximate surface area is 244 Å². The summed E-state index contributed by atoms with van der Waals surface area (Å²) in [5.41, 5.74) is 2.64. The lowest BCUT2D eigenvalue weighted by atomic mass is 10.1. The van der Waals surface area contributed by atoms with E-state index in [1.165, 1.54) is 11.8 Å². The lowest BCUT2D eigenvalue weighted by molar-refractivity contribution is -0.138. The van der Waals surface area contributed by atoms with Gasteiger partial charge in [-0.25, -0.2) is 9.79 Å². The van der Waals surface area contributed by atoms with Crippen LogP contribution >= 0.6 is 66.2 Å². The Balaban J connectivity index is 1.62. The summed E-state index contributed by atoms with van der Waals surface area (Å²) in [6.07, 6.45) is 1.82. The number of nitrogens with zero attached hydrogens (tertiary/aromatic N) is 1. The van der Waals surface area contributed by atoms with Crippen LogP contribution in [0, 0.1) is 3.57 Å². The average molecular weight is 741 g/mol. The molecule has 1 aliphatic heterocycles. The van der Waals surface area contributed by atoms with Gasteiger partial charge in [-0.15, -0.1) is 0 Å². The summed E-state index contributed by atoms with van der Waals surface area (Å²) in [4.78, 5) is 17.7. The number of aliphatic imine (C=N–C) groups is 1. The molecule has 0 saturated heterocycles. The molecule has 0 saturated carbocycles. The zero-order valence-corrected chi connectivity index (χ0v) is 25.1. The zero-order valence-electron chi connectivity index (χ0n) is 19.0. The number of thioether (sulfide) groups is 1. The van der Waals surface area contributed by atoms with E-state index >= 15 is 0 Å². The fourth-order valence-corrected chi connectivity index (χ4v) is 6.37. The highest BCUT2D eigenvalue weighted by molar-refractivity contribution is 14.1. The number of aliphatic hydroxyl groups is 1. The Morgan fingerprint density at radius 3 is 2.50 bits per heavy atom. The Bertz CT molecular complexity index is 1350. The first-order valence-electron chi connectivity index (χ1n) is 10.9. The van der Waals surface area contributed by atoms with Gasteiger partial charge in [0.2, 0.25) is 0 Å². The van der Waals surface area contributed by atoms with E-state index in [4.69, 9.17) is 9.47 Å². The van der Waals surface area contributed by atoms with Crippen molar-refractivity contribution in [1.29, 1.82) is 0 Å². The third kappa shape index (κ3) is 6.62. The molecule has 1 heterocycles. The van der Waals surface area contributed by atoms with Gasteiger partial charge in [0, 0.05) is 4.47 Å². The van der Waals surface area contributed by atoms with Crippen molar-refractivity contribution in [3.8, 4) is 5.75 Å². The molecule has 0 bridgehead atoms. The highest BCUT2D eigenvalue weighted by Gasteiger charge is 2.33. The number of ether oxygens (including phenoxy) is 2. The molecular formula is C27H20Br2INO4S. The third-order valence-corrected chi connectivity index (χ3v) is 7.91. The van der Waals surface area contributed by atoms with Crippen LogP contribution in [-0.4, -0.2) is 22.7 Å². The highest BCUT2D eigenvalue weighted by Crippen LogP contribution is 2.41. The number of aliphatic hydroxyl groups excluding tert-OH is 1. The van der Waals surface area contributed by atoms with Crippen LogP contribution in [0.5, 0.6) is 5.75 Å². The molecule has 0 fully saturated rings. The van der Waals surface area contributed by atoms with Crippen LogP contribution in [-0.2, 0) is 16.1 Å². The van der Waals surface area contributed by atoms with Crippen LogP contribution in [0.3, 0.4) is 0 Å². The molecule has 36 heavy (non-hydrogen) atoms. The number of rotatable bonds is 7. The molecule has 4 rings (SSSR count). The Morgan fingerprint density at radius 2 is 1.83 bits per heavy atom. The first-order chi connectivity index (χ1) is 17.4. The van der Waals surface area contributed by atoms with Gasteiger partial charge >= 0.3 is 5.97 Å². The van der Waals surface area contributed by atoms with Crippen LogP contribution in [0.2, 0.25) is 0 Å². The van der Waals surface area contributed by atoms with Gasteiger partial charge in [-0.05, 0) is 99.0 Å². The van der Waals surface area contributed by atoms with Crippen molar-refractivity contribution in [1.82, 2.24) is 0 Å². The van der Waals surface area contributed by atoms with Gasteiger partial charge in [-0.2, -0.15) is 0 Å². The van der Waals surface area contributed by atoms with E-state index in [9.17, 15) is 9.90 Å². The number of hydrogen-bond acceptors (Lipinski definition) is 6. The van der Waals surface area contributed by atoms with Crippen molar-refractivity contribution < 1.29 is 19.4 Å². The quantitative estimate of drug-likeness (QED) is 0.194. The normalized spacial score (nSPS) is 15.6. The van der Waals surface area contributed by atoms with Crippen molar-refractivity contribution >= 4 is 89.0 Å². The van der Waals surface area contributed by atoms with Gasteiger partial charge in [0.25, 0.3) is 0 Å². The summed E-state index contributed by atoms with van der Waals surface area (Å²) in [6.45, 7) is 2.36. The van der Waals surface area contributed by atoms with Crippen molar-refractivity contribution in [2.45, 2.75) is 13.5 Å². The van der Waals surface area contributed by atoms with Gasteiger partial charge in [0.1, 0.15) is 28.7 Å². The molecule has 0 aromatic heterocycles. The predicted molar refractivity (Wildman–Crippen MR) is 161 cm³/mol. The van der Waals surface area contributed by atoms with Crippen molar-refractivity contribution in [2.24, 2.45) is 4.99 Å². The van der Waals surface area contributed by atoms with Gasteiger partial charge in [0.05, 0.1) is 25.2 Å². The smallest absolute Gasteiger partial charge is 0.344 e. The van der Waals surface area contributed by atoms with Gasteiger partial charge in [-0.3, -0.25) is 0 Å².